The largest absolute Gasteiger partial charge is 0.451 e. The van der Waals surface area contributed by atoms with Crippen molar-refractivity contribution in [1.29, 1.82) is 0 Å². The number of nitrogens with one attached hydrogen (secondary N) is 1. The zero-order valence-electron chi connectivity index (χ0n) is 15.0. The number of aromatic amines is 1. The summed E-state index contributed by atoms with van der Waals surface area (Å²) >= 11 is 3.13. The molecule has 0 spiro atoms. The van der Waals surface area contributed by atoms with Crippen molar-refractivity contribution in [3.05, 3.63) is 48.0 Å². The van der Waals surface area contributed by atoms with Gasteiger partial charge < -0.3 is 9.72 Å². The molecule has 0 fully saturated rings. The minimum absolute atomic E-state index is 0.178. The van der Waals surface area contributed by atoms with E-state index in [-0.39, 0.29) is 11.5 Å². The summed E-state index contributed by atoms with van der Waals surface area (Å²) in [4.78, 5) is 35.4. The number of hydrogen-bond acceptors (Lipinski definition) is 6. The van der Waals surface area contributed by atoms with E-state index in [4.69, 9.17) is 4.74 Å². The van der Waals surface area contributed by atoms with Gasteiger partial charge in [-0.25, -0.2) is 9.78 Å². The lowest BCUT2D eigenvalue weighted by Gasteiger charge is -2.15. The number of fused-ring (bicyclic) bond motifs is 2. The number of hydrogen-bond donors (Lipinski definition) is 1. The summed E-state index contributed by atoms with van der Waals surface area (Å²) in [5.41, 5.74) is 2.59. The summed E-state index contributed by atoms with van der Waals surface area (Å²) in [5, 5.41) is 2.53. The number of carbonyl (C=O) groups is 1. The third kappa shape index (κ3) is 2.89. The van der Waals surface area contributed by atoms with E-state index in [2.05, 4.69) is 9.97 Å². The molecule has 136 valence electrons. The van der Waals surface area contributed by atoms with Gasteiger partial charge >= 0.3 is 5.97 Å². The maximum atomic E-state index is 12.6. The van der Waals surface area contributed by atoms with E-state index in [0.29, 0.717) is 21.6 Å². The zero-order chi connectivity index (χ0) is 18.4. The normalized spacial score (nSPS) is 15.0. The molecule has 1 atom stereocenters. The Bertz CT molecular complexity index is 1060. The molecule has 26 heavy (non-hydrogen) atoms. The van der Waals surface area contributed by atoms with Crippen LogP contribution < -0.4 is 5.56 Å². The monoisotopic (exact) mass is 388 g/mol. The number of carbonyl (C=O) groups excluding carboxylic acids is 1. The Labute approximate surface area is 159 Å². The molecule has 0 unspecified atom stereocenters. The number of aryl methyl sites for hydroxylation is 3. The molecule has 0 saturated heterocycles. The molecule has 0 amide bonds. The lowest BCUT2D eigenvalue weighted by molar-refractivity contribution is 0.0319. The van der Waals surface area contributed by atoms with Gasteiger partial charge in [-0.1, -0.05) is 0 Å². The van der Waals surface area contributed by atoms with Crippen LogP contribution in [-0.4, -0.2) is 15.9 Å². The van der Waals surface area contributed by atoms with Gasteiger partial charge in [-0.15, -0.1) is 22.7 Å². The highest BCUT2D eigenvalue weighted by Crippen LogP contribution is 2.32. The van der Waals surface area contributed by atoms with Gasteiger partial charge in [0.1, 0.15) is 4.83 Å². The lowest BCUT2D eigenvalue weighted by Crippen LogP contribution is -2.18. The van der Waals surface area contributed by atoms with Crippen molar-refractivity contribution >= 4 is 38.9 Å². The Kier molecular flexibility index (Phi) is 4.44. The Morgan fingerprint density at radius 3 is 2.88 bits per heavy atom. The Morgan fingerprint density at radius 1 is 1.31 bits per heavy atom. The molecular formula is C19H20N2O3S2. The van der Waals surface area contributed by atoms with Crippen LogP contribution in [0.1, 0.15) is 62.9 Å². The SMILES string of the molecule is Cc1sc2nc([C@@H](C)OC(=O)c3csc4c3CCCC4)[nH]c(=O)c2c1C. The van der Waals surface area contributed by atoms with Crippen LogP contribution in [0, 0.1) is 13.8 Å². The smallest absolute Gasteiger partial charge is 0.339 e. The summed E-state index contributed by atoms with van der Waals surface area (Å²) < 4.78 is 5.63. The van der Waals surface area contributed by atoms with E-state index in [1.165, 1.54) is 22.6 Å². The van der Waals surface area contributed by atoms with Crippen molar-refractivity contribution in [3.63, 3.8) is 0 Å². The van der Waals surface area contributed by atoms with Crippen molar-refractivity contribution in [2.75, 3.05) is 0 Å². The topological polar surface area (TPSA) is 72.0 Å². The third-order valence-electron chi connectivity index (χ3n) is 5.01. The Balaban J connectivity index is 1.61. The van der Waals surface area contributed by atoms with Crippen LogP contribution in [0.4, 0.5) is 0 Å². The molecule has 0 aromatic carbocycles. The molecule has 0 bridgehead atoms. The molecule has 1 aliphatic rings. The van der Waals surface area contributed by atoms with Crippen LogP contribution in [0.5, 0.6) is 0 Å². The van der Waals surface area contributed by atoms with Crippen LogP contribution in [0.25, 0.3) is 10.2 Å². The van der Waals surface area contributed by atoms with Gasteiger partial charge in [0.2, 0.25) is 0 Å². The quantitative estimate of drug-likeness (QED) is 0.673. The van der Waals surface area contributed by atoms with E-state index in [9.17, 15) is 9.59 Å². The predicted octanol–water partition coefficient (Wildman–Crippen LogP) is 4.46. The highest BCUT2D eigenvalue weighted by molar-refractivity contribution is 7.18. The fourth-order valence-electron chi connectivity index (χ4n) is 3.41. The summed E-state index contributed by atoms with van der Waals surface area (Å²) in [7, 11) is 0. The second-order valence-corrected chi connectivity index (χ2v) is 8.89. The van der Waals surface area contributed by atoms with Crippen molar-refractivity contribution in [1.82, 2.24) is 9.97 Å². The minimum Gasteiger partial charge on any atom is -0.451 e. The average molecular weight is 389 g/mol. The summed E-state index contributed by atoms with van der Waals surface area (Å²) in [5.74, 6) is 0.0550. The van der Waals surface area contributed by atoms with Gasteiger partial charge in [0.05, 0.1) is 10.9 Å². The van der Waals surface area contributed by atoms with E-state index < -0.39 is 6.10 Å². The highest BCUT2D eigenvalue weighted by atomic mass is 32.1. The van der Waals surface area contributed by atoms with E-state index in [0.717, 1.165) is 35.3 Å². The number of aromatic nitrogens is 2. The van der Waals surface area contributed by atoms with Crippen molar-refractivity contribution in [2.45, 2.75) is 52.6 Å². The standard InChI is InChI=1S/C19H20N2O3S2/c1-9-11(3)26-18-15(9)17(22)20-16(21-18)10(2)24-19(23)13-8-25-14-7-5-4-6-12(13)14/h8,10H,4-7H2,1-3H3,(H,20,21,22)/t10-/m1/s1. The van der Waals surface area contributed by atoms with E-state index >= 15 is 0 Å². The molecule has 1 N–H and O–H groups in total. The third-order valence-corrected chi connectivity index (χ3v) is 7.20. The van der Waals surface area contributed by atoms with E-state index in [1.807, 2.05) is 19.2 Å². The molecule has 0 aliphatic heterocycles. The van der Waals surface area contributed by atoms with Gasteiger partial charge in [-0.3, -0.25) is 4.79 Å². The molecule has 0 saturated carbocycles. The van der Waals surface area contributed by atoms with Gasteiger partial charge in [-0.2, -0.15) is 0 Å². The van der Waals surface area contributed by atoms with Crippen LogP contribution >= 0.6 is 22.7 Å². The maximum absolute atomic E-state index is 12.6. The zero-order valence-corrected chi connectivity index (χ0v) is 16.6. The van der Waals surface area contributed by atoms with Crippen molar-refractivity contribution in [3.8, 4) is 0 Å². The first-order valence-electron chi connectivity index (χ1n) is 8.76. The maximum Gasteiger partial charge on any atom is 0.339 e. The van der Waals surface area contributed by atoms with Gasteiger partial charge in [-0.05, 0) is 57.6 Å². The number of ether oxygens (including phenoxy) is 1. The van der Waals surface area contributed by atoms with E-state index in [1.54, 1.807) is 18.3 Å². The number of nitrogens with zero attached hydrogens (tertiary/aromatic N) is 1. The second-order valence-electron chi connectivity index (χ2n) is 6.72. The highest BCUT2D eigenvalue weighted by Gasteiger charge is 2.24. The molecule has 3 heterocycles. The predicted molar refractivity (Wildman–Crippen MR) is 105 cm³/mol. The average Bonchev–Trinajstić information content (AvgIpc) is 3.16. The van der Waals surface area contributed by atoms with Gasteiger partial charge in [0.15, 0.2) is 11.9 Å². The summed E-state index contributed by atoms with van der Waals surface area (Å²) in [6.07, 6.45) is 3.67. The second kappa shape index (κ2) is 6.63. The molecule has 5 nitrogen and oxygen atoms in total. The number of rotatable bonds is 3. The minimum atomic E-state index is -0.610. The fraction of sp³-hybridized carbons (Fsp3) is 0.421. The Hall–Kier alpha value is -1.99. The molecule has 1 aliphatic carbocycles. The van der Waals surface area contributed by atoms with Crippen molar-refractivity contribution in [2.24, 2.45) is 0 Å². The van der Waals surface area contributed by atoms with Gasteiger partial charge in [0.25, 0.3) is 5.56 Å². The van der Waals surface area contributed by atoms with Gasteiger partial charge in [0, 0.05) is 15.1 Å². The fourth-order valence-corrected chi connectivity index (χ4v) is 5.56. The Morgan fingerprint density at radius 2 is 2.08 bits per heavy atom. The first-order chi connectivity index (χ1) is 12.5. The van der Waals surface area contributed by atoms with Crippen LogP contribution in [0.2, 0.25) is 0 Å². The lowest BCUT2D eigenvalue weighted by atomic mass is 9.96. The number of thiophene rings is 2. The number of esters is 1. The first-order valence-corrected chi connectivity index (χ1v) is 10.5. The van der Waals surface area contributed by atoms with Crippen LogP contribution in [-0.2, 0) is 17.6 Å². The van der Waals surface area contributed by atoms with Crippen LogP contribution in [0.15, 0.2) is 10.2 Å². The van der Waals surface area contributed by atoms with Crippen LogP contribution in [0.3, 0.4) is 0 Å². The number of H-pyrrole nitrogens is 1. The summed E-state index contributed by atoms with van der Waals surface area (Å²) in [6.45, 7) is 5.64. The summed E-state index contributed by atoms with van der Waals surface area (Å²) in [6, 6.07) is 0. The van der Waals surface area contributed by atoms with Crippen molar-refractivity contribution < 1.29 is 9.53 Å². The molecule has 3 aromatic heterocycles. The molecule has 0 radical (unpaired) electrons. The molecule has 4 rings (SSSR count). The molecule has 7 heteroatoms. The first kappa shape index (κ1) is 17.4. The molecule has 3 aromatic rings. The molecular weight excluding hydrogens is 368 g/mol.